The van der Waals surface area contributed by atoms with E-state index in [-0.39, 0.29) is 6.10 Å². The Kier molecular flexibility index (Phi) is 5.67. The van der Waals surface area contributed by atoms with Crippen LogP contribution in [0.4, 0.5) is 0 Å². The van der Waals surface area contributed by atoms with Crippen LogP contribution in [-0.2, 0) is 0 Å². The zero-order chi connectivity index (χ0) is 13.5. The number of ether oxygens (including phenoxy) is 1. The maximum Gasteiger partial charge on any atom is 0.119 e. The summed E-state index contributed by atoms with van der Waals surface area (Å²) in [5, 5.41) is 13.7. The third-order valence-electron chi connectivity index (χ3n) is 3.82. The van der Waals surface area contributed by atoms with Crippen LogP contribution in [0.25, 0.3) is 0 Å². The van der Waals surface area contributed by atoms with Crippen molar-refractivity contribution in [1.82, 2.24) is 5.32 Å². The quantitative estimate of drug-likeness (QED) is 0.775. The Morgan fingerprint density at radius 2 is 1.95 bits per heavy atom. The fraction of sp³-hybridized carbons (Fsp3) is 0.625. The van der Waals surface area contributed by atoms with Gasteiger partial charge in [-0.15, -0.1) is 0 Å². The maximum atomic E-state index is 10.4. The van der Waals surface area contributed by atoms with Crippen molar-refractivity contribution in [2.24, 2.45) is 5.92 Å². The molecule has 3 nitrogen and oxygen atoms in total. The van der Waals surface area contributed by atoms with Gasteiger partial charge in [0.2, 0.25) is 0 Å². The molecular formula is C16H25NO2. The Labute approximate surface area is 116 Å². The van der Waals surface area contributed by atoms with E-state index in [1.54, 1.807) is 0 Å². The van der Waals surface area contributed by atoms with Gasteiger partial charge in [0.1, 0.15) is 5.75 Å². The van der Waals surface area contributed by atoms with Crippen molar-refractivity contribution in [2.75, 3.05) is 19.7 Å². The minimum atomic E-state index is -0.341. The summed E-state index contributed by atoms with van der Waals surface area (Å²) in [6, 6.07) is 7.92. The highest BCUT2D eigenvalue weighted by Crippen LogP contribution is 2.29. The number of aliphatic hydroxyl groups is 1. The largest absolute Gasteiger partial charge is 0.494 e. The zero-order valence-electron chi connectivity index (χ0n) is 11.8. The Morgan fingerprint density at radius 3 is 2.58 bits per heavy atom. The Hall–Kier alpha value is -1.06. The van der Waals surface area contributed by atoms with Crippen LogP contribution in [0.3, 0.4) is 0 Å². The van der Waals surface area contributed by atoms with E-state index in [9.17, 15) is 5.11 Å². The van der Waals surface area contributed by atoms with E-state index >= 15 is 0 Å². The van der Waals surface area contributed by atoms with Gasteiger partial charge in [-0.25, -0.2) is 0 Å². The first-order valence-electron chi connectivity index (χ1n) is 7.43. The van der Waals surface area contributed by atoms with Crippen molar-refractivity contribution in [1.29, 1.82) is 0 Å². The van der Waals surface area contributed by atoms with Crippen molar-refractivity contribution in [2.45, 2.75) is 38.7 Å². The molecule has 0 radical (unpaired) electrons. The van der Waals surface area contributed by atoms with E-state index in [2.05, 4.69) is 12.2 Å². The van der Waals surface area contributed by atoms with E-state index in [4.69, 9.17) is 4.74 Å². The highest BCUT2D eigenvalue weighted by molar-refractivity contribution is 5.28. The summed E-state index contributed by atoms with van der Waals surface area (Å²) in [7, 11) is 0. The molecule has 2 N–H and O–H groups in total. The molecule has 0 saturated carbocycles. The molecule has 0 bridgehead atoms. The molecule has 1 heterocycles. The van der Waals surface area contributed by atoms with Crippen LogP contribution in [0, 0.1) is 5.92 Å². The van der Waals surface area contributed by atoms with Crippen molar-refractivity contribution in [3.8, 4) is 5.75 Å². The molecule has 1 atom stereocenters. The number of unbranched alkanes of at least 4 members (excludes halogenated alkanes) is 1. The van der Waals surface area contributed by atoms with Crippen molar-refractivity contribution in [3.05, 3.63) is 29.8 Å². The van der Waals surface area contributed by atoms with Gasteiger partial charge in [-0.05, 0) is 56.0 Å². The monoisotopic (exact) mass is 263 g/mol. The Balaban J connectivity index is 1.89. The number of benzene rings is 1. The summed E-state index contributed by atoms with van der Waals surface area (Å²) in [5.74, 6) is 1.28. The van der Waals surface area contributed by atoms with Crippen molar-refractivity contribution in [3.63, 3.8) is 0 Å². The first-order valence-corrected chi connectivity index (χ1v) is 7.43. The summed E-state index contributed by atoms with van der Waals surface area (Å²) in [6.07, 6.45) is 3.99. The Morgan fingerprint density at radius 1 is 1.26 bits per heavy atom. The number of rotatable bonds is 6. The minimum absolute atomic E-state index is 0.341. The number of piperidine rings is 1. The third-order valence-corrected chi connectivity index (χ3v) is 3.82. The highest BCUT2D eigenvalue weighted by atomic mass is 16.5. The fourth-order valence-electron chi connectivity index (χ4n) is 2.53. The fourth-order valence-corrected chi connectivity index (χ4v) is 2.53. The molecular weight excluding hydrogens is 238 g/mol. The molecule has 0 amide bonds. The zero-order valence-corrected chi connectivity index (χ0v) is 11.8. The SMILES string of the molecule is CCCCOc1ccc(C(O)C2CCNCC2)cc1. The second kappa shape index (κ2) is 7.51. The van der Waals surface area contributed by atoms with Gasteiger partial charge in [0.25, 0.3) is 0 Å². The van der Waals surface area contributed by atoms with E-state index in [1.165, 1.54) is 0 Å². The van der Waals surface area contributed by atoms with E-state index < -0.39 is 0 Å². The summed E-state index contributed by atoms with van der Waals surface area (Å²) < 4.78 is 5.63. The number of hydrogen-bond donors (Lipinski definition) is 2. The summed E-state index contributed by atoms with van der Waals surface area (Å²) in [4.78, 5) is 0. The predicted molar refractivity (Wildman–Crippen MR) is 77.4 cm³/mol. The molecule has 1 aliphatic heterocycles. The van der Waals surface area contributed by atoms with Gasteiger partial charge in [0.05, 0.1) is 12.7 Å². The maximum absolute atomic E-state index is 10.4. The topological polar surface area (TPSA) is 41.5 Å². The first kappa shape index (κ1) is 14.4. The van der Waals surface area contributed by atoms with Crippen molar-refractivity contribution >= 4 is 0 Å². The predicted octanol–water partition coefficient (Wildman–Crippen LogP) is 2.90. The second-order valence-corrected chi connectivity index (χ2v) is 5.30. The lowest BCUT2D eigenvalue weighted by Gasteiger charge is -2.27. The first-order chi connectivity index (χ1) is 9.31. The lowest BCUT2D eigenvalue weighted by Crippen LogP contribution is -2.30. The van der Waals surface area contributed by atoms with Crippen LogP contribution >= 0.6 is 0 Å². The molecule has 3 heteroatoms. The normalized spacial score (nSPS) is 18.2. The van der Waals surface area contributed by atoms with Gasteiger partial charge >= 0.3 is 0 Å². The summed E-state index contributed by atoms with van der Waals surface area (Å²) in [6.45, 7) is 4.95. The lowest BCUT2D eigenvalue weighted by molar-refractivity contribution is 0.0889. The molecule has 1 fully saturated rings. The molecule has 0 spiro atoms. The van der Waals surface area contributed by atoms with E-state index in [1.807, 2.05) is 24.3 Å². The molecule has 0 aromatic heterocycles. The number of aliphatic hydroxyl groups excluding tert-OH is 1. The Bertz CT molecular complexity index is 358. The van der Waals surface area contributed by atoms with Crippen LogP contribution in [0.2, 0.25) is 0 Å². The molecule has 1 unspecified atom stereocenters. The molecule has 106 valence electrons. The standard InChI is InChI=1S/C16H25NO2/c1-2-3-12-19-15-6-4-13(5-7-15)16(18)14-8-10-17-11-9-14/h4-7,14,16-18H,2-3,8-12H2,1H3. The highest BCUT2D eigenvalue weighted by Gasteiger charge is 2.22. The van der Waals surface area contributed by atoms with E-state index in [0.717, 1.165) is 56.7 Å². The number of hydrogen-bond acceptors (Lipinski definition) is 3. The van der Waals surface area contributed by atoms with Crippen LogP contribution in [-0.4, -0.2) is 24.8 Å². The number of nitrogens with one attached hydrogen (secondary N) is 1. The van der Waals surface area contributed by atoms with Gasteiger partial charge in [-0.1, -0.05) is 25.5 Å². The smallest absolute Gasteiger partial charge is 0.119 e. The van der Waals surface area contributed by atoms with Gasteiger partial charge in [0.15, 0.2) is 0 Å². The molecule has 19 heavy (non-hydrogen) atoms. The van der Waals surface area contributed by atoms with Crippen LogP contribution in [0.15, 0.2) is 24.3 Å². The van der Waals surface area contributed by atoms with Gasteiger partial charge in [-0.3, -0.25) is 0 Å². The van der Waals surface area contributed by atoms with Crippen LogP contribution in [0.5, 0.6) is 5.75 Å². The van der Waals surface area contributed by atoms with E-state index in [0.29, 0.717) is 5.92 Å². The third kappa shape index (κ3) is 4.22. The average Bonchev–Trinajstić information content (AvgIpc) is 2.48. The average molecular weight is 263 g/mol. The van der Waals surface area contributed by atoms with Crippen molar-refractivity contribution < 1.29 is 9.84 Å². The van der Waals surface area contributed by atoms with Gasteiger partial charge < -0.3 is 15.2 Å². The molecule has 1 saturated heterocycles. The molecule has 0 aliphatic carbocycles. The van der Waals surface area contributed by atoms with Crippen LogP contribution in [0.1, 0.15) is 44.3 Å². The minimum Gasteiger partial charge on any atom is -0.494 e. The second-order valence-electron chi connectivity index (χ2n) is 5.30. The molecule has 1 aromatic rings. The van der Waals surface area contributed by atoms with Gasteiger partial charge in [0, 0.05) is 0 Å². The summed E-state index contributed by atoms with van der Waals surface area (Å²) >= 11 is 0. The van der Waals surface area contributed by atoms with Gasteiger partial charge in [-0.2, -0.15) is 0 Å². The molecule has 2 rings (SSSR count). The molecule has 1 aromatic carbocycles. The molecule has 1 aliphatic rings. The lowest BCUT2D eigenvalue weighted by atomic mass is 9.88. The summed E-state index contributed by atoms with van der Waals surface area (Å²) in [5.41, 5.74) is 1.01. The van der Waals surface area contributed by atoms with Crippen LogP contribution < -0.4 is 10.1 Å².